The van der Waals surface area contributed by atoms with E-state index in [0.717, 1.165) is 6.07 Å². The van der Waals surface area contributed by atoms with E-state index in [2.05, 4.69) is 21.2 Å². The molecule has 0 aliphatic carbocycles. The molecule has 2 aromatic carbocycles. The van der Waals surface area contributed by atoms with Crippen LogP contribution in [0.3, 0.4) is 0 Å². The van der Waals surface area contributed by atoms with Crippen LogP contribution in [0.2, 0.25) is 0 Å². The van der Waals surface area contributed by atoms with Crippen LogP contribution in [0.25, 0.3) is 0 Å². The van der Waals surface area contributed by atoms with Crippen LogP contribution in [0.15, 0.2) is 40.9 Å². The Labute approximate surface area is 123 Å². The highest BCUT2D eigenvalue weighted by Crippen LogP contribution is 2.26. The van der Waals surface area contributed by atoms with E-state index in [-0.39, 0.29) is 5.56 Å². The number of methoxy groups -OCH3 is 1. The van der Waals surface area contributed by atoms with Crippen molar-refractivity contribution in [3.05, 3.63) is 52.3 Å². The molecule has 3 N–H and O–H groups in total. The van der Waals surface area contributed by atoms with E-state index in [1.807, 2.05) is 0 Å². The van der Waals surface area contributed by atoms with E-state index >= 15 is 0 Å². The van der Waals surface area contributed by atoms with Crippen molar-refractivity contribution >= 4 is 33.2 Å². The van der Waals surface area contributed by atoms with Crippen molar-refractivity contribution < 1.29 is 13.9 Å². The third-order valence-corrected chi connectivity index (χ3v) is 3.35. The molecule has 0 aromatic heterocycles. The zero-order chi connectivity index (χ0) is 14.7. The van der Waals surface area contributed by atoms with E-state index < -0.39 is 11.7 Å². The zero-order valence-electron chi connectivity index (χ0n) is 10.6. The Hall–Kier alpha value is -2.08. The second-order valence-corrected chi connectivity index (χ2v) is 4.89. The molecule has 0 radical (unpaired) electrons. The lowest BCUT2D eigenvalue weighted by molar-refractivity contribution is 0.102. The van der Waals surface area contributed by atoms with Gasteiger partial charge in [0.1, 0.15) is 11.6 Å². The van der Waals surface area contributed by atoms with Crippen LogP contribution >= 0.6 is 15.9 Å². The molecule has 0 aliphatic rings. The molecule has 0 unspecified atom stereocenters. The summed E-state index contributed by atoms with van der Waals surface area (Å²) < 4.78 is 19.3. The number of carbonyl (C=O) groups excluding carboxylic acids is 1. The summed E-state index contributed by atoms with van der Waals surface area (Å²) in [6.07, 6.45) is 0. The highest BCUT2D eigenvalue weighted by molar-refractivity contribution is 9.10. The largest absolute Gasteiger partial charge is 0.497 e. The second kappa shape index (κ2) is 5.92. The third kappa shape index (κ3) is 3.08. The van der Waals surface area contributed by atoms with E-state index in [9.17, 15) is 9.18 Å². The minimum Gasteiger partial charge on any atom is -0.497 e. The molecular formula is C14H12BrFN2O2. The van der Waals surface area contributed by atoms with Gasteiger partial charge in [-0.2, -0.15) is 0 Å². The van der Waals surface area contributed by atoms with Crippen LogP contribution in [-0.4, -0.2) is 13.0 Å². The first kappa shape index (κ1) is 14.3. The molecule has 0 heterocycles. The van der Waals surface area contributed by atoms with Gasteiger partial charge < -0.3 is 15.8 Å². The van der Waals surface area contributed by atoms with E-state index in [1.165, 1.54) is 19.2 Å². The van der Waals surface area contributed by atoms with Gasteiger partial charge >= 0.3 is 0 Å². The summed E-state index contributed by atoms with van der Waals surface area (Å²) >= 11 is 3.29. The second-order valence-electron chi connectivity index (χ2n) is 4.04. The first-order valence-electron chi connectivity index (χ1n) is 5.71. The Balaban J connectivity index is 2.26. The topological polar surface area (TPSA) is 64.3 Å². The summed E-state index contributed by atoms with van der Waals surface area (Å²) in [5, 5.41) is 2.60. The molecule has 0 atom stereocenters. The van der Waals surface area contributed by atoms with Crippen LogP contribution < -0.4 is 15.8 Å². The van der Waals surface area contributed by atoms with Crippen molar-refractivity contribution in [3.63, 3.8) is 0 Å². The van der Waals surface area contributed by atoms with Gasteiger partial charge in [-0.15, -0.1) is 0 Å². The lowest BCUT2D eigenvalue weighted by Crippen LogP contribution is -2.14. The van der Waals surface area contributed by atoms with Gasteiger partial charge in [-0.25, -0.2) is 4.39 Å². The van der Waals surface area contributed by atoms with Crippen molar-refractivity contribution in [3.8, 4) is 5.75 Å². The number of halogens is 2. The number of nitrogen functional groups attached to an aromatic ring is 1. The number of ether oxygens (including phenoxy) is 1. The van der Waals surface area contributed by atoms with Gasteiger partial charge in [0.2, 0.25) is 0 Å². The van der Waals surface area contributed by atoms with Crippen LogP contribution in [0.4, 0.5) is 15.8 Å². The smallest absolute Gasteiger partial charge is 0.258 e. The molecule has 2 rings (SSSR count). The number of hydrogen-bond donors (Lipinski definition) is 2. The molecule has 6 heteroatoms. The fourth-order valence-electron chi connectivity index (χ4n) is 1.64. The normalized spacial score (nSPS) is 10.2. The van der Waals surface area contributed by atoms with Crippen molar-refractivity contribution in [2.24, 2.45) is 0 Å². The maximum absolute atomic E-state index is 13.8. The van der Waals surface area contributed by atoms with Crippen LogP contribution in [-0.2, 0) is 0 Å². The Bertz CT molecular complexity index is 662. The molecular weight excluding hydrogens is 327 g/mol. The summed E-state index contributed by atoms with van der Waals surface area (Å²) in [6.45, 7) is 0. The SMILES string of the molecule is COc1ccc(C(=O)Nc2cc(N)ccc2Br)c(F)c1. The quantitative estimate of drug-likeness (QED) is 0.842. The minimum atomic E-state index is -0.651. The summed E-state index contributed by atoms with van der Waals surface area (Å²) in [4.78, 5) is 12.0. The average molecular weight is 339 g/mol. The standard InChI is InChI=1S/C14H12BrFN2O2/c1-20-9-3-4-10(12(16)7-9)14(19)18-13-6-8(17)2-5-11(13)15/h2-7H,17H2,1H3,(H,18,19). The monoisotopic (exact) mass is 338 g/mol. The molecule has 0 spiro atoms. The van der Waals surface area contributed by atoms with E-state index in [0.29, 0.717) is 21.6 Å². The Morgan fingerprint density at radius 2 is 2.05 bits per heavy atom. The maximum Gasteiger partial charge on any atom is 0.258 e. The summed E-state index contributed by atoms with van der Waals surface area (Å²) in [5.41, 5.74) is 6.55. The van der Waals surface area contributed by atoms with Gasteiger partial charge in [-0.1, -0.05) is 0 Å². The molecule has 0 saturated heterocycles. The molecule has 104 valence electrons. The van der Waals surface area contributed by atoms with Crippen molar-refractivity contribution in [1.29, 1.82) is 0 Å². The highest BCUT2D eigenvalue weighted by atomic mass is 79.9. The number of amides is 1. The highest BCUT2D eigenvalue weighted by Gasteiger charge is 2.14. The number of benzene rings is 2. The Morgan fingerprint density at radius 1 is 1.30 bits per heavy atom. The molecule has 0 fully saturated rings. The van der Waals surface area contributed by atoms with Gasteiger partial charge in [-0.05, 0) is 46.3 Å². The fraction of sp³-hybridized carbons (Fsp3) is 0.0714. The number of nitrogens with two attached hydrogens (primary N) is 1. The minimum absolute atomic E-state index is 0.0693. The molecule has 0 saturated carbocycles. The van der Waals surface area contributed by atoms with Gasteiger partial charge in [0.25, 0.3) is 5.91 Å². The number of carbonyl (C=O) groups is 1. The zero-order valence-corrected chi connectivity index (χ0v) is 12.2. The first-order chi connectivity index (χ1) is 9.51. The summed E-state index contributed by atoms with van der Waals surface area (Å²) in [5.74, 6) is -0.859. The lowest BCUT2D eigenvalue weighted by Gasteiger charge is -2.09. The molecule has 0 bridgehead atoms. The molecule has 4 nitrogen and oxygen atoms in total. The molecule has 0 aliphatic heterocycles. The van der Waals surface area contributed by atoms with E-state index in [4.69, 9.17) is 10.5 Å². The van der Waals surface area contributed by atoms with Crippen molar-refractivity contribution in [1.82, 2.24) is 0 Å². The molecule has 2 aromatic rings. The third-order valence-electron chi connectivity index (χ3n) is 2.66. The molecule has 20 heavy (non-hydrogen) atoms. The van der Waals surface area contributed by atoms with Gasteiger partial charge in [0.15, 0.2) is 0 Å². The molecule has 1 amide bonds. The van der Waals surface area contributed by atoms with Gasteiger partial charge in [0, 0.05) is 16.2 Å². The van der Waals surface area contributed by atoms with Crippen LogP contribution in [0, 0.1) is 5.82 Å². The summed E-state index contributed by atoms with van der Waals surface area (Å²) in [6, 6.07) is 9.02. The predicted molar refractivity (Wildman–Crippen MR) is 79.5 cm³/mol. The van der Waals surface area contributed by atoms with Gasteiger partial charge in [-0.3, -0.25) is 4.79 Å². The van der Waals surface area contributed by atoms with Crippen LogP contribution in [0.1, 0.15) is 10.4 Å². The first-order valence-corrected chi connectivity index (χ1v) is 6.50. The summed E-state index contributed by atoms with van der Waals surface area (Å²) in [7, 11) is 1.43. The van der Waals surface area contributed by atoms with E-state index in [1.54, 1.807) is 18.2 Å². The Kier molecular flexibility index (Phi) is 4.24. The number of hydrogen-bond acceptors (Lipinski definition) is 3. The van der Waals surface area contributed by atoms with Crippen molar-refractivity contribution in [2.75, 3.05) is 18.2 Å². The number of nitrogens with one attached hydrogen (secondary N) is 1. The number of rotatable bonds is 3. The predicted octanol–water partition coefficient (Wildman–Crippen LogP) is 3.43. The maximum atomic E-state index is 13.8. The van der Waals surface area contributed by atoms with Crippen molar-refractivity contribution in [2.45, 2.75) is 0 Å². The van der Waals surface area contributed by atoms with Gasteiger partial charge in [0.05, 0.1) is 18.4 Å². The van der Waals surface area contributed by atoms with Crippen LogP contribution in [0.5, 0.6) is 5.75 Å². The fourth-order valence-corrected chi connectivity index (χ4v) is 1.98. The average Bonchev–Trinajstić information content (AvgIpc) is 2.42. The lowest BCUT2D eigenvalue weighted by atomic mass is 10.2. The number of anilines is 2. The Morgan fingerprint density at radius 3 is 2.70 bits per heavy atom.